The molecule has 0 unspecified atom stereocenters. The third-order valence-electron chi connectivity index (χ3n) is 2.76. The van der Waals surface area contributed by atoms with Crippen LogP contribution in [0.3, 0.4) is 0 Å². The maximum absolute atomic E-state index is 2.39. The van der Waals surface area contributed by atoms with Crippen LogP contribution in [0.5, 0.6) is 0 Å². The van der Waals surface area contributed by atoms with Crippen LogP contribution < -0.4 is 9.41 Å². The summed E-state index contributed by atoms with van der Waals surface area (Å²) in [6, 6.07) is 0. The first kappa shape index (κ1) is 13.2. The van der Waals surface area contributed by atoms with Crippen molar-refractivity contribution in [2.45, 2.75) is 32.1 Å². The van der Waals surface area contributed by atoms with E-state index in [-0.39, 0.29) is 9.41 Å². The Morgan fingerprint density at radius 2 is 1.77 bits per heavy atom. The Balaban J connectivity index is 0.000000720. The van der Waals surface area contributed by atoms with Crippen LogP contribution in [0.1, 0.15) is 32.1 Å². The molecular weight excluding hydrogens is 337 g/mol. The van der Waals surface area contributed by atoms with Crippen molar-refractivity contribution in [3.8, 4) is 0 Å². The van der Waals surface area contributed by atoms with Gasteiger partial charge in [0, 0.05) is 0 Å². The van der Waals surface area contributed by atoms with E-state index in [1.165, 1.54) is 56.5 Å². The Kier molecular flexibility index (Phi) is 5.93. The molecule has 0 N–H and O–H groups in total. The van der Waals surface area contributed by atoms with E-state index in [0.717, 1.165) is 5.92 Å². The zero-order valence-electron chi connectivity index (χ0n) is 7.52. The van der Waals surface area contributed by atoms with Crippen molar-refractivity contribution < 1.29 is 33.8 Å². The number of rotatable bonds is 1. The molecule has 3 heteroatoms. The van der Waals surface area contributed by atoms with Crippen molar-refractivity contribution >= 4 is 0 Å². The van der Waals surface area contributed by atoms with Crippen molar-refractivity contribution in [2.75, 3.05) is 0 Å². The first-order chi connectivity index (χ1) is 5.38. The maximum atomic E-state index is 2.39. The SMILES string of the molecule is [F-].[F-].[Hf+2][C]1=C(C2CCCC2)C=CC1. The van der Waals surface area contributed by atoms with Crippen LogP contribution in [0.4, 0.5) is 0 Å². The van der Waals surface area contributed by atoms with Crippen molar-refractivity contribution in [1.29, 1.82) is 0 Å². The minimum absolute atomic E-state index is 0. The van der Waals surface area contributed by atoms with Crippen LogP contribution in [-0.4, -0.2) is 0 Å². The van der Waals surface area contributed by atoms with Crippen LogP contribution in [0.15, 0.2) is 21.1 Å². The molecule has 0 bridgehead atoms. The Hall–Kier alpha value is 0.210. The van der Waals surface area contributed by atoms with Gasteiger partial charge in [0.15, 0.2) is 0 Å². The molecule has 2 aliphatic carbocycles. The summed E-state index contributed by atoms with van der Waals surface area (Å²) in [4.78, 5) is 0. The Labute approximate surface area is 92.8 Å². The summed E-state index contributed by atoms with van der Waals surface area (Å²) < 4.78 is 1.76. The molecule has 71 valence electrons. The van der Waals surface area contributed by atoms with Crippen LogP contribution >= 0.6 is 0 Å². The van der Waals surface area contributed by atoms with Crippen LogP contribution in [0.2, 0.25) is 0 Å². The third kappa shape index (κ3) is 2.83. The van der Waals surface area contributed by atoms with Gasteiger partial charge in [-0.05, 0) is 0 Å². The number of hydrogen-bond acceptors (Lipinski definition) is 0. The number of halogens is 2. The molecule has 0 nitrogen and oxygen atoms in total. The second kappa shape index (κ2) is 5.84. The summed E-state index contributed by atoms with van der Waals surface area (Å²) in [6.45, 7) is 0. The topological polar surface area (TPSA) is 0 Å². The van der Waals surface area contributed by atoms with Gasteiger partial charge in [-0.1, -0.05) is 0 Å². The zero-order valence-corrected chi connectivity index (χ0v) is 11.1. The molecule has 0 aliphatic heterocycles. The Bertz CT molecular complexity index is 215. The molecule has 0 heterocycles. The van der Waals surface area contributed by atoms with Gasteiger partial charge in [0.25, 0.3) is 0 Å². The molecule has 2 aliphatic rings. The van der Waals surface area contributed by atoms with Crippen molar-refractivity contribution in [2.24, 2.45) is 5.92 Å². The molecule has 1 saturated carbocycles. The summed E-state index contributed by atoms with van der Waals surface area (Å²) in [5.41, 5.74) is 1.73. The molecule has 0 radical (unpaired) electrons. The van der Waals surface area contributed by atoms with E-state index >= 15 is 0 Å². The third-order valence-corrected chi connectivity index (χ3v) is 4.53. The summed E-state index contributed by atoms with van der Waals surface area (Å²) in [7, 11) is 0. The van der Waals surface area contributed by atoms with Gasteiger partial charge in [0.2, 0.25) is 0 Å². The monoisotopic (exact) mass is 351 g/mol. The molecule has 0 aromatic heterocycles. The molecule has 13 heavy (non-hydrogen) atoms. The molecule has 0 aromatic rings. The summed E-state index contributed by atoms with van der Waals surface area (Å²) >= 11 is 1.29. The molecule has 0 saturated heterocycles. The Morgan fingerprint density at radius 1 is 1.15 bits per heavy atom. The van der Waals surface area contributed by atoms with Crippen LogP contribution in [-0.2, 0) is 24.4 Å². The molecule has 0 aromatic carbocycles. The number of allylic oxidation sites excluding steroid dienone is 4. The fourth-order valence-corrected chi connectivity index (χ4v) is 3.60. The van der Waals surface area contributed by atoms with Gasteiger partial charge in [-0.15, -0.1) is 0 Å². The molecule has 0 atom stereocenters. The second-order valence-corrected chi connectivity index (χ2v) is 5.69. The van der Waals surface area contributed by atoms with Gasteiger partial charge in [0.05, 0.1) is 0 Å². The number of hydrogen-bond donors (Lipinski definition) is 0. The van der Waals surface area contributed by atoms with E-state index in [1.807, 2.05) is 0 Å². The molecule has 0 amide bonds. The van der Waals surface area contributed by atoms with Crippen LogP contribution in [0.25, 0.3) is 0 Å². The van der Waals surface area contributed by atoms with E-state index in [2.05, 4.69) is 12.2 Å². The molecule has 1 fully saturated rings. The molecular formula is C10H13F2Hf. The van der Waals surface area contributed by atoms with Gasteiger partial charge in [-0.25, -0.2) is 0 Å². The normalized spacial score (nSPS) is 21.7. The van der Waals surface area contributed by atoms with E-state index in [0.29, 0.717) is 0 Å². The fourth-order valence-electron chi connectivity index (χ4n) is 2.14. The predicted molar refractivity (Wildman–Crippen MR) is 42.7 cm³/mol. The van der Waals surface area contributed by atoms with E-state index in [4.69, 9.17) is 0 Å². The van der Waals surface area contributed by atoms with E-state index in [1.54, 1.807) is 8.90 Å². The molecule has 2 rings (SSSR count). The van der Waals surface area contributed by atoms with E-state index in [9.17, 15) is 0 Å². The quantitative estimate of drug-likeness (QED) is 0.441. The minimum atomic E-state index is 0. The summed E-state index contributed by atoms with van der Waals surface area (Å²) in [5, 5.41) is 0. The standard InChI is InChI=1S/C10H13.2FH.Hf/c1-2-6-9(5-1)10-7-3-4-8-10;;;/h1,5,10H,2-4,7-8H2;2*1H;/q;;;+2/p-2. The van der Waals surface area contributed by atoms with Crippen molar-refractivity contribution in [1.82, 2.24) is 0 Å². The molecule has 0 spiro atoms. The van der Waals surface area contributed by atoms with Gasteiger partial charge < -0.3 is 9.41 Å². The van der Waals surface area contributed by atoms with Crippen molar-refractivity contribution in [3.63, 3.8) is 0 Å². The first-order valence-electron chi connectivity index (χ1n) is 4.49. The average molecular weight is 350 g/mol. The summed E-state index contributed by atoms with van der Waals surface area (Å²) in [5.74, 6) is 0.959. The second-order valence-electron chi connectivity index (χ2n) is 3.52. The van der Waals surface area contributed by atoms with E-state index < -0.39 is 0 Å². The van der Waals surface area contributed by atoms with Gasteiger partial charge in [-0.3, -0.25) is 0 Å². The van der Waals surface area contributed by atoms with Gasteiger partial charge in [0.1, 0.15) is 0 Å². The average Bonchev–Trinajstić information content (AvgIpc) is 2.55. The Morgan fingerprint density at radius 3 is 2.23 bits per heavy atom. The van der Waals surface area contributed by atoms with Crippen molar-refractivity contribution in [3.05, 3.63) is 21.1 Å². The van der Waals surface area contributed by atoms with Crippen LogP contribution in [0, 0.1) is 5.92 Å². The zero-order chi connectivity index (χ0) is 7.68. The predicted octanol–water partition coefficient (Wildman–Crippen LogP) is -3.05. The fraction of sp³-hybridized carbons (Fsp3) is 0.600. The van der Waals surface area contributed by atoms with Gasteiger partial charge in [-0.2, -0.15) is 0 Å². The van der Waals surface area contributed by atoms with Gasteiger partial charge >= 0.3 is 83.5 Å². The summed E-state index contributed by atoms with van der Waals surface area (Å²) in [6.07, 6.45) is 11.9. The first-order valence-corrected chi connectivity index (χ1v) is 6.29.